The topological polar surface area (TPSA) is 63.9 Å². The third kappa shape index (κ3) is 5.50. The van der Waals surface area contributed by atoms with Crippen molar-refractivity contribution in [3.05, 3.63) is 17.3 Å². The molecule has 1 heterocycles. The van der Waals surface area contributed by atoms with Crippen LogP contribution in [0.15, 0.2) is 6.08 Å². The number of rotatable bonds is 9. The van der Waals surface area contributed by atoms with Crippen LogP contribution in [0.3, 0.4) is 0 Å². The third-order valence-electron chi connectivity index (χ3n) is 4.53. The summed E-state index contributed by atoms with van der Waals surface area (Å²) in [4.78, 5) is 0. The summed E-state index contributed by atoms with van der Waals surface area (Å²) in [6.07, 6.45) is 8.53. The van der Waals surface area contributed by atoms with Crippen molar-refractivity contribution in [2.45, 2.75) is 64.7 Å². The predicted molar refractivity (Wildman–Crippen MR) is 101 cm³/mol. The van der Waals surface area contributed by atoms with Gasteiger partial charge in [-0.2, -0.15) is 5.10 Å². The minimum atomic E-state index is -1.04. The van der Waals surface area contributed by atoms with Crippen LogP contribution in [-0.2, 0) is 11.2 Å². The van der Waals surface area contributed by atoms with Crippen molar-refractivity contribution in [3.8, 4) is 0 Å². The Morgan fingerprint density at radius 3 is 2.83 bits per heavy atom. The molecule has 1 aliphatic rings. The van der Waals surface area contributed by atoms with Gasteiger partial charge >= 0.3 is 0 Å². The Labute approximate surface area is 141 Å². The highest BCUT2D eigenvalue weighted by Gasteiger charge is 2.24. The van der Waals surface area contributed by atoms with Crippen LogP contribution >= 0.6 is 0 Å². The fourth-order valence-corrected chi connectivity index (χ4v) is 3.87. The molecule has 0 saturated heterocycles. The Morgan fingerprint density at radius 2 is 2.13 bits per heavy atom. The van der Waals surface area contributed by atoms with Crippen molar-refractivity contribution in [1.82, 2.24) is 10.2 Å². The van der Waals surface area contributed by atoms with Crippen molar-refractivity contribution in [2.24, 2.45) is 5.92 Å². The van der Waals surface area contributed by atoms with Gasteiger partial charge in [0.25, 0.3) is 0 Å². The number of nitrogens with zero attached hydrogens (tertiary/aromatic N) is 1. The van der Waals surface area contributed by atoms with Gasteiger partial charge in [0.05, 0.1) is 6.61 Å². The van der Waals surface area contributed by atoms with E-state index in [2.05, 4.69) is 42.8 Å². The Hall–Kier alpha value is -1.07. The van der Waals surface area contributed by atoms with Gasteiger partial charge in [0.1, 0.15) is 0 Å². The maximum absolute atomic E-state index is 6.06. The lowest BCUT2D eigenvalue weighted by molar-refractivity contribution is 0.181. The number of hydrogen-bond acceptors (Lipinski definition) is 3. The maximum Gasteiger partial charge on any atom is 0.153 e. The summed E-state index contributed by atoms with van der Waals surface area (Å²) in [7, 11) is -1.04. The number of aromatic nitrogens is 2. The number of ether oxygens (including phenoxy) is 1. The van der Waals surface area contributed by atoms with Crippen LogP contribution in [0.4, 0.5) is 5.82 Å². The van der Waals surface area contributed by atoms with Gasteiger partial charge in [-0.1, -0.05) is 51.9 Å². The summed E-state index contributed by atoms with van der Waals surface area (Å²) < 4.78 is 5.97. The normalized spacial score (nSPS) is 17.9. The standard InChI is InChI=1S/C18H33N3OSi/c1-5-6-7-8-14-11-15(13-22-9-10-23(2,3)4)17-16(12-14)20-21-18(17)19/h11,14H,5-10,12-13H2,1-4H3,(H3,19,20,21). The Kier molecular flexibility index (Phi) is 6.47. The van der Waals surface area contributed by atoms with Crippen molar-refractivity contribution in [1.29, 1.82) is 0 Å². The fourth-order valence-electron chi connectivity index (χ4n) is 3.11. The van der Waals surface area contributed by atoms with E-state index < -0.39 is 8.07 Å². The second kappa shape index (κ2) is 8.15. The molecule has 0 aliphatic heterocycles. The largest absolute Gasteiger partial charge is 0.382 e. The average Bonchev–Trinajstić information content (AvgIpc) is 2.84. The lowest BCUT2D eigenvalue weighted by atomic mass is 9.86. The molecule has 0 fully saturated rings. The number of fused-ring (bicyclic) bond motifs is 1. The SMILES string of the molecule is CCCCCC1C=C(COCC[Si](C)(C)C)c2c(N)n[nH]c2C1. The first-order valence-corrected chi connectivity index (χ1v) is 12.7. The average molecular weight is 336 g/mol. The molecule has 0 aromatic carbocycles. The van der Waals surface area contributed by atoms with E-state index in [0.717, 1.165) is 18.6 Å². The number of anilines is 1. The number of nitrogens with one attached hydrogen (secondary N) is 1. The highest BCUT2D eigenvalue weighted by molar-refractivity contribution is 6.76. The summed E-state index contributed by atoms with van der Waals surface area (Å²) in [5, 5.41) is 7.34. The van der Waals surface area contributed by atoms with Gasteiger partial charge in [0, 0.05) is 25.9 Å². The summed E-state index contributed by atoms with van der Waals surface area (Å²) >= 11 is 0. The van der Waals surface area contributed by atoms with Crippen molar-refractivity contribution in [2.75, 3.05) is 18.9 Å². The van der Waals surface area contributed by atoms with E-state index in [1.165, 1.54) is 43.0 Å². The van der Waals surface area contributed by atoms with Gasteiger partial charge in [-0.25, -0.2) is 0 Å². The second-order valence-electron chi connectivity index (χ2n) is 7.98. The van der Waals surface area contributed by atoms with E-state index in [4.69, 9.17) is 10.5 Å². The number of unbranched alkanes of at least 4 members (excludes halogenated alkanes) is 2. The highest BCUT2D eigenvalue weighted by Crippen LogP contribution is 2.34. The van der Waals surface area contributed by atoms with E-state index in [9.17, 15) is 0 Å². The first-order chi connectivity index (χ1) is 10.9. The zero-order chi connectivity index (χ0) is 16.9. The second-order valence-corrected chi connectivity index (χ2v) is 13.6. The van der Waals surface area contributed by atoms with Crippen molar-refractivity contribution >= 4 is 19.5 Å². The summed E-state index contributed by atoms with van der Waals surface area (Å²) in [5.74, 6) is 1.21. The van der Waals surface area contributed by atoms with Crippen molar-refractivity contribution in [3.63, 3.8) is 0 Å². The molecule has 4 nitrogen and oxygen atoms in total. The molecule has 1 atom stereocenters. The van der Waals surface area contributed by atoms with Crippen LogP contribution < -0.4 is 5.73 Å². The van der Waals surface area contributed by atoms with E-state index >= 15 is 0 Å². The number of aromatic amines is 1. The molecule has 5 heteroatoms. The number of hydrogen-bond donors (Lipinski definition) is 2. The fraction of sp³-hybridized carbons (Fsp3) is 0.722. The molecule has 0 amide bonds. The van der Waals surface area contributed by atoms with Gasteiger partial charge in [0.2, 0.25) is 0 Å². The highest BCUT2D eigenvalue weighted by atomic mass is 28.3. The number of allylic oxidation sites excluding steroid dienone is 1. The monoisotopic (exact) mass is 335 g/mol. The molecule has 23 heavy (non-hydrogen) atoms. The molecule has 0 radical (unpaired) electrons. The Morgan fingerprint density at radius 1 is 1.35 bits per heavy atom. The first kappa shape index (κ1) is 18.3. The van der Waals surface area contributed by atoms with Crippen molar-refractivity contribution < 1.29 is 4.74 Å². The lowest BCUT2D eigenvalue weighted by Crippen LogP contribution is -2.22. The van der Waals surface area contributed by atoms with Gasteiger partial charge in [0.15, 0.2) is 5.82 Å². The van der Waals surface area contributed by atoms with Gasteiger partial charge < -0.3 is 10.5 Å². The molecule has 0 spiro atoms. The van der Waals surface area contributed by atoms with E-state index in [1.807, 2.05) is 0 Å². The first-order valence-electron chi connectivity index (χ1n) is 9.02. The molecular weight excluding hydrogens is 302 g/mol. The van der Waals surface area contributed by atoms with Crippen LogP contribution in [-0.4, -0.2) is 31.5 Å². The van der Waals surface area contributed by atoms with Crippen LogP contribution in [0, 0.1) is 5.92 Å². The van der Waals surface area contributed by atoms with Crippen LogP contribution in [0.2, 0.25) is 25.7 Å². The van der Waals surface area contributed by atoms with Crippen LogP contribution in [0.1, 0.15) is 43.9 Å². The zero-order valence-electron chi connectivity index (χ0n) is 15.2. The van der Waals surface area contributed by atoms with Gasteiger partial charge in [-0.15, -0.1) is 0 Å². The molecule has 0 saturated carbocycles. The molecule has 1 unspecified atom stereocenters. The molecule has 3 N–H and O–H groups in total. The third-order valence-corrected chi connectivity index (χ3v) is 6.23. The lowest BCUT2D eigenvalue weighted by Gasteiger charge is -2.22. The van der Waals surface area contributed by atoms with E-state index in [0.29, 0.717) is 18.3 Å². The molecule has 1 aliphatic carbocycles. The van der Waals surface area contributed by atoms with Gasteiger partial charge in [-0.05, 0) is 30.4 Å². The number of nitrogen functional groups attached to an aromatic ring is 1. The molecule has 1 aromatic rings. The maximum atomic E-state index is 6.06. The van der Waals surface area contributed by atoms with Gasteiger partial charge in [-0.3, -0.25) is 5.10 Å². The number of H-pyrrole nitrogens is 1. The summed E-state index contributed by atoms with van der Waals surface area (Å²) in [6.45, 7) is 10.9. The van der Waals surface area contributed by atoms with Crippen LogP contribution in [0.25, 0.3) is 5.57 Å². The smallest absolute Gasteiger partial charge is 0.153 e. The Bertz CT molecular complexity index is 531. The summed E-state index contributed by atoms with van der Waals surface area (Å²) in [5.41, 5.74) is 9.58. The van der Waals surface area contributed by atoms with E-state index in [1.54, 1.807) is 0 Å². The molecular formula is C18H33N3OSi. The molecule has 2 rings (SSSR count). The quantitative estimate of drug-likeness (QED) is 0.516. The molecule has 130 valence electrons. The van der Waals surface area contributed by atoms with Crippen LogP contribution in [0.5, 0.6) is 0 Å². The summed E-state index contributed by atoms with van der Waals surface area (Å²) in [6, 6.07) is 1.20. The Balaban J connectivity index is 1.98. The zero-order valence-corrected chi connectivity index (χ0v) is 16.2. The minimum Gasteiger partial charge on any atom is -0.382 e. The molecule has 1 aromatic heterocycles. The minimum absolute atomic E-state index is 0.587. The predicted octanol–water partition coefficient (Wildman–Crippen LogP) is 4.48. The molecule has 0 bridgehead atoms. The van der Waals surface area contributed by atoms with E-state index in [-0.39, 0.29) is 0 Å². The number of nitrogens with two attached hydrogens (primary N) is 1.